The molecule has 0 aliphatic rings. The Morgan fingerprint density at radius 1 is 0.385 bits per heavy atom. The molecule has 0 amide bonds. The summed E-state index contributed by atoms with van der Waals surface area (Å²) in [6.45, 7) is 0. The van der Waals surface area contributed by atoms with Crippen LogP contribution in [0.5, 0.6) is 0 Å². The van der Waals surface area contributed by atoms with Gasteiger partial charge in [0.05, 0.1) is 0 Å². The molecule has 0 bridgehead atoms. The zero-order valence-electron chi connectivity index (χ0n) is 14.5. The van der Waals surface area contributed by atoms with Crippen molar-refractivity contribution in [1.29, 1.82) is 0 Å². The van der Waals surface area contributed by atoms with Crippen molar-refractivity contribution in [3.05, 3.63) is 121 Å². The maximum atomic E-state index is 2.32. The SMILES string of the molecule is c1ccc([S][Ge]([c]2ccccc2)([c]2ccccc2)[c]2ccccc2)cc1. The molecular weight excluding hydrogens is 393 g/mol. The van der Waals surface area contributed by atoms with Gasteiger partial charge < -0.3 is 0 Å². The van der Waals surface area contributed by atoms with E-state index in [1.807, 2.05) is 0 Å². The molecule has 0 atom stereocenters. The van der Waals surface area contributed by atoms with Gasteiger partial charge in [0.25, 0.3) is 0 Å². The van der Waals surface area contributed by atoms with Gasteiger partial charge in [-0.15, -0.1) is 0 Å². The fourth-order valence-corrected chi connectivity index (χ4v) is 18.1. The molecule has 0 aromatic heterocycles. The Labute approximate surface area is 161 Å². The number of hydrogen-bond donors (Lipinski definition) is 0. The Morgan fingerprint density at radius 2 is 0.692 bits per heavy atom. The van der Waals surface area contributed by atoms with Crippen molar-refractivity contribution < 1.29 is 0 Å². The Morgan fingerprint density at radius 3 is 1.04 bits per heavy atom. The molecule has 0 nitrogen and oxygen atoms in total. The predicted octanol–water partition coefficient (Wildman–Crippen LogP) is 4.45. The van der Waals surface area contributed by atoms with Crippen LogP contribution in [-0.4, -0.2) is 12.1 Å². The first-order valence-corrected chi connectivity index (χ1v) is 15.3. The number of rotatable bonds is 5. The van der Waals surface area contributed by atoms with Crippen LogP contribution < -0.4 is 13.2 Å². The van der Waals surface area contributed by atoms with Crippen LogP contribution in [0.4, 0.5) is 0 Å². The average Bonchev–Trinajstić information content (AvgIpc) is 2.75. The molecule has 0 aliphatic heterocycles. The maximum absolute atomic E-state index is 2.93. The second-order valence-corrected chi connectivity index (χ2v) is 17.8. The van der Waals surface area contributed by atoms with Gasteiger partial charge in [-0.3, -0.25) is 0 Å². The van der Waals surface area contributed by atoms with Gasteiger partial charge in [-0.25, -0.2) is 0 Å². The predicted molar refractivity (Wildman–Crippen MR) is 116 cm³/mol. The zero-order valence-corrected chi connectivity index (χ0v) is 17.4. The van der Waals surface area contributed by atoms with E-state index in [2.05, 4.69) is 131 Å². The molecule has 4 aromatic rings. The van der Waals surface area contributed by atoms with E-state index >= 15 is 0 Å². The van der Waals surface area contributed by atoms with Crippen molar-refractivity contribution >= 4 is 35.4 Å². The third-order valence-corrected chi connectivity index (χ3v) is 19.7. The van der Waals surface area contributed by atoms with Crippen molar-refractivity contribution in [3.63, 3.8) is 0 Å². The Kier molecular flexibility index (Phi) is 5.28. The second kappa shape index (κ2) is 7.98. The Hall–Kier alpha value is -2.23. The summed E-state index contributed by atoms with van der Waals surface area (Å²) >= 11 is -2.93. The van der Waals surface area contributed by atoms with Crippen molar-refractivity contribution in [2.75, 3.05) is 0 Å². The van der Waals surface area contributed by atoms with Gasteiger partial charge in [0.2, 0.25) is 0 Å². The van der Waals surface area contributed by atoms with Gasteiger partial charge in [-0.05, 0) is 0 Å². The molecule has 0 N–H and O–H groups in total. The minimum absolute atomic E-state index is 1.34. The summed E-state index contributed by atoms with van der Waals surface area (Å²) in [6, 6.07) is 44.1. The van der Waals surface area contributed by atoms with Gasteiger partial charge >= 0.3 is 162 Å². The van der Waals surface area contributed by atoms with Crippen LogP contribution in [0.1, 0.15) is 0 Å². The molecule has 0 saturated carbocycles. The standard InChI is InChI=1S/C24H20GeS/c1-5-13-21(14-6-1)25(22-15-7-2-8-16-22,23-17-9-3-10-18-23)26-24-19-11-4-12-20-24/h1-20H. The van der Waals surface area contributed by atoms with Crippen LogP contribution in [0.25, 0.3) is 0 Å². The zero-order chi connectivity index (χ0) is 17.7. The van der Waals surface area contributed by atoms with Crippen molar-refractivity contribution in [2.24, 2.45) is 0 Å². The third-order valence-electron chi connectivity index (χ3n) is 4.56. The molecule has 0 radical (unpaired) electrons. The molecule has 4 rings (SSSR count). The molecule has 0 saturated heterocycles. The molecule has 0 heterocycles. The fraction of sp³-hybridized carbons (Fsp3) is 0. The van der Waals surface area contributed by atoms with Gasteiger partial charge in [-0.2, -0.15) is 0 Å². The Balaban J connectivity index is 2.00. The second-order valence-electron chi connectivity index (χ2n) is 6.19. The van der Waals surface area contributed by atoms with Gasteiger partial charge in [0, 0.05) is 0 Å². The van der Waals surface area contributed by atoms with Gasteiger partial charge in [0.15, 0.2) is 0 Å². The molecule has 4 aromatic carbocycles. The molecule has 0 unspecified atom stereocenters. The summed E-state index contributed by atoms with van der Waals surface area (Å²) in [4.78, 5) is 1.34. The molecule has 26 heavy (non-hydrogen) atoms. The first-order chi connectivity index (χ1) is 12.9. The summed E-state index contributed by atoms with van der Waals surface area (Å²) in [5.41, 5.74) is 0. The van der Waals surface area contributed by atoms with E-state index in [9.17, 15) is 0 Å². The molecule has 126 valence electrons. The summed E-state index contributed by atoms with van der Waals surface area (Å²) in [5, 5.41) is 0. The van der Waals surface area contributed by atoms with E-state index in [1.165, 1.54) is 18.1 Å². The van der Waals surface area contributed by atoms with Crippen LogP contribution >= 0.6 is 10.1 Å². The van der Waals surface area contributed by atoms with Crippen LogP contribution in [0.15, 0.2) is 126 Å². The average molecular weight is 413 g/mol. The van der Waals surface area contributed by atoms with E-state index < -0.39 is 12.1 Å². The van der Waals surface area contributed by atoms with E-state index in [1.54, 1.807) is 0 Å². The number of hydrogen-bond acceptors (Lipinski definition) is 1. The van der Waals surface area contributed by atoms with Crippen LogP contribution in [0.2, 0.25) is 0 Å². The summed E-state index contributed by atoms with van der Waals surface area (Å²) in [7, 11) is 2.08. The number of benzene rings is 4. The monoisotopic (exact) mass is 414 g/mol. The fourth-order valence-electron chi connectivity index (χ4n) is 3.36. The first kappa shape index (κ1) is 17.2. The van der Waals surface area contributed by atoms with Crippen LogP contribution in [-0.2, 0) is 0 Å². The van der Waals surface area contributed by atoms with E-state index in [4.69, 9.17) is 0 Å². The Bertz CT molecular complexity index is 842. The normalized spacial score (nSPS) is 11.2. The molecule has 0 fully saturated rings. The molecular formula is C24H20GeS. The molecule has 0 aliphatic carbocycles. The minimum atomic E-state index is -2.93. The van der Waals surface area contributed by atoms with Crippen molar-refractivity contribution in [2.45, 2.75) is 4.90 Å². The van der Waals surface area contributed by atoms with Gasteiger partial charge in [-0.1, -0.05) is 0 Å². The third kappa shape index (κ3) is 3.37. The van der Waals surface area contributed by atoms with Crippen LogP contribution in [0, 0.1) is 0 Å². The summed E-state index contributed by atoms with van der Waals surface area (Å²) < 4.78 is 4.41. The first-order valence-electron chi connectivity index (χ1n) is 8.80. The van der Waals surface area contributed by atoms with E-state index in [-0.39, 0.29) is 0 Å². The van der Waals surface area contributed by atoms with Crippen molar-refractivity contribution in [3.8, 4) is 0 Å². The molecule has 0 spiro atoms. The van der Waals surface area contributed by atoms with Crippen LogP contribution in [0.3, 0.4) is 0 Å². The quantitative estimate of drug-likeness (QED) is 0.436. The van der Waals surface area contributed by atoms with Crippen molar-refractivity contribution in [1.82, 2.24) is 0 Å². The summed E-state index contributed by atoms with van der Waals surface area (Å²) in [6.07, 6.45) is 0. The molecule has 2 heteroatoms. The summed E-state index contributed by atoms with van der Waals surface area (Å²) in [5.74, 6) is 0. The topological polar surface area (TPSA) is 0 Å². The van der Waals surface area contributed by atoms with E-state index in [0.29, 0.717) is 0 Å². The van der Waals surface area contributed by atoms with Gasteiger partial charge in [0.1, 0.15) is 0 Å². The van der Waals surface area contributed by atoms with E-state index in [0.717, 1.165) is 0 Å².